The summed E-state index contributed by atoms with van der Waals surface area (Å²) in [4.78, 5) is 11.2. The van der Waals surface area contributed by atoms with Crippen molar-refractivity contribution in [1.82, 2.24) is 24.7 Å². The van der Waals surface area contributed by atoms with E-state index in [1.165, 1.54) is 15.8 Å². The molecule has 3 aromatic rings. The number of thioether (sulfide) groups is 1. The van der Waals surface area contributed by atoms with Crippen LogP contribution in [0.4, 0.5) is 5.82 Å². The Labute approximate surface area is 137 Å². The van der Waals surface area contributed by atoms with E-state index >= 15 is 0 Å². The Balaban J connectivity index is 1.70. The topological polar surface area (TPSA) is 68.5 Å². The van der Waals surface area contributed by atoms with Gasteiger partial charge in [-0.05, 0) is 18.9 Å². The Hall–Kier alpha value is -1.67. The van der Waals surface area contributed by atoms with E-state index in [4.69, 9.17) is 0 Å². The maximum atomic E-state index is 4.42. The van der Waals surface area contributed by atoms with Crippen molar-refractivity contribution in [3.05, 3.63) is 23.1 Å². The van der Waals surface area contributed by atoms with Crippen LogP contribution in [0.25, 0.3) is 10.2 Å². The van der Waals surface area contributed by atoms with E-state index in [1.54, 1.807) is 35.8 Å². The molecule has 1 N–H and O–H groups in total. The maximum Gasteiger partial charge on any atom is 0.190 e. The molecule has 0 unspecified atom stereocenters. The van der Waals surface area contributed by atoms with Gasteiger partial charge >= 0.3 is 0 Å². The zero-order valence-electron chi connectivity index (χ0n) is 12.8. The van der Waals surface area contributed by atoms with Crippen LogP contribution in [0.15, 0.2) is 17.8 Å². The Morgan fingerprint density at radius 3 is 2.95 bits per heavy atom. The molecule has 0 aliphatic carbocycles. The van der Waals surface area contributed by atoms with Gasteiger partial charge in [-0.25, -0.2) is 9.97 Å². The average molecular weight is 334 g/mol. The maximum absolute atomic E-state index is 4.42. The number of nitrogens with one attached hydrogen (secondary N) is 1. The molecule has 0 fully saturated rings. The predicted molar refractivity (Wildman–Crippen MR) is 91.7 cm³/mol. The molecule has 3 heterocycles. The number of anilines is 1. The molecule has 116 valence electrons. The van der Waals surface area contributed by atoms with Crippen LogP contribution in [0.1, 0.15) is 17.4 Å². The van der Waals surface area contributed by atoms with Crippen molar-refractivity contribution in [3.63, 3.8) is 0 Å². The summed E-state index contributed by atoms with van der Waals surface area (Å²) in [6.07, 6.45) is 4.35. The predicted octanol–water partition coefficient (Wildman–Crippen LogP) is 2.89. The second kappa shape index (κ2) is 6.62. The smallest absolute Gasteiger partial charge is 0.190 e. The molecule has 0 saturated carbocycles. The molecular weight excluding hydrogens is 316 g/mol. The van der Waals surface area contributed by atoms with Crippen LogP contribution in [0.2, 0.25) is 0 Å². The van der Waals surface area contributed by atoms with Crippen LogP contribution in [0, 0.1) is 6.92 Å². The largest absolute Gasteiger partial charge is 0.369 e. The van der Waals surface area contributed by atoms with Crippen LogP contribution in [-0.2, 0) is 13.5 Å². The number of fused-ring (bicyclic) bond motifs is 1. The molecule has 0 aromatic carbocycles. The van der Waals surface area contributed by atoms with Crippen molar-refractivity contribution >= 4 is 39.1 Å². The molecule has 0 aliphatic heterocycles. The van der Waals surface area contributed by atoms with Gasteiger partial charge in [0.25, 0.3) is 0 Å². The van der Waals surface area contributed by atoms with Crippen molar-refractivity contribution in [2.24, 2.45) is 7.05 Å². The van der Waals surface area contributed by atoms with Crippen LogP contribution in [0.5, 0.6) is 0 Å². The molecule has 0 amide bonds. The Kier molecular flexibility index (Phi) is 4.58. The van der Waals surface area contributed by atoms with Crippen LogP contribution in [-0.4, -0.2) is 37.0 Å². The highest BCUT2D eigenvalue weighted by Gasteiger charge is 2.13. The summed E-state index contributed by atoms with van der Waals surface area (Å²) in [6.45, 7) is 5.15. The van der Waals surface area contributed by atoms with Crippen molar-refractivity contribution in [1.29, 1.82) is 0 Å². The number of aryl methyl sites for hydroxylation is 3. The fraction of sp³-hybridized carbons (Fsp3) is 0.429. The average Bonchev–Trinajstić information content (AvgIpc) is 3.06. The van der Waals surface area contributed by atoms with E-state index in [9.17, 15) is 0 Å². The summed E-state index contributed by atoms with van der Waals surface area (Å²) >= 11 is 3.42. The molecule has 8 heteroatoms. The fourth-order valence-corrected chi connectivity index (χ4v) is 4.20. The summed E-state index contributed by atoms with van der Waals surface area (Å²) in [6, 6.07) is 0. The van der Waals surface area contributed by atoms with Gasteiger partial charge in [0.1, 0.15) is 23.3 Å². The molecule has 3 rings (SSSR count). The van der Waals surface area contributed by atoms with Crippen molar-refractivity contribution < 1.29 is 0 Å². The number of hydrogen-bond donors (Lipinski definition) is 1. The first-order valence-corrected chi connectivity index (χ1v) is 8.94. The standard InChI is InChI=1S/C14H18N6S2/c1-4-10-9(2)22-13-11(10)12(16-7-17-13)15-5-6-21-14-19-18-8-20(14)3/h7-8H,4-6H2,1-3H3,(H,15,16,17). The molecular formula is C14H18N6S2. The lowest BCUT2D eigenvalue weighted by molar-refractivity contribution is 0.788. The minimum absolute atomic E-state index is 0.821. The van der Waals surface area contributed by atoms with Gasteiger partial charge in [0.2, 0.25) is 0 Å². The number of aromatic nitrogens is 5. The first kappa shape index (κ1) is 15.2. The molecule has 3 aromatic heterocycles. The molecule has 0 aliphatic rings. The van der Waals surface area contributed by atoms with E-state index in [0.29, 0.717) is 0 Å². The molecule has 22 heavy (non-hydrogen) atoms. The SMILES string of the molecule is CCc1c(C)sc2ncnc(NCCSc3nncn3C)c12. The number of nitrogens with zero attached hydrogens (tertiary/aromatic N) is 5. The Morgan fingerprint density at radius 1 is 1.36 bits per heavy atom. The van der Waals surface area contributed by atoms with Gasteiger partial charge in [-0.1, -0.05) is 18.7 Å². The Bertz CT molecular complexity index is 779. The van der Waals surface area contributed by atoms with E-state index in [2.05, 4.69) is 39.3 Å². The van der Waals surface area contributed by atoms with Gasteiger partial charge in [-0.2, -0.15) is 0 Å². The van der Waals surface area contributed by atoms with Gasteiger partial charge in [0, 0.05) is 24.2 Å². The minimum Gasteiger partial charge on any atom is -0.369 e. The highest BCUT2D eigenvalue weighted by atomic mass is 32.2. The number of thiophene rings is 1. The third-order valence-corrected chi connectivity index (χ3v) is 5.53. The minimum atomic E-state index is 0.821. The summed E-state index contributed by atoms with van der Waals surface area (Å²) in [7, 11) is 1.95. The normalized spacial score (nSPS) is 11.2. The third kappa shape index (κ3) is 2.93. The number of hydrogen-bond acceptors (Lipinski definition) is 7. The van der Waals surface area contributed by atoms with Gasteiger partial charge < -0.3 is 9.88 Å². The first-order chi connectivity index (χ1) is 10.7. The second-order valence-corrected chi connectivity index (χ2v) is 7.16. The molecule has 0 atom stereocenters. The summed E-state index contributed by atoms with van der Waals surface area (Å²) in [5.41, 5.74) is 1.35. The molecule has 0 radical (unpaired) electrons. The summed E-state index contributed by atoms with van der Waals surface area (Å²) in [5.74, 6) is 1.84. The highest BCUT2D eigenvalue weighted by molar-refractivity contribution is 7.99. The summed E-state index contributed by atoms with van der Waals surface area (Å²) < 4.78 is 1.92. The van der Waals surface area contributed by atoms with E-state index in [0.717, 1.165) is 34.5 Å². The van der Waals surface area contributed by atoms with Crippen LogP contribution >= 0.6 is 23.1 Å². The van der Waals surface area contributed by atoms with Gasteiger partial charge in [0.05, 0.1) is 5.39 Å². The molecule has 0 saturated heterocycles. The lowest BCUT2D eigenvalue weighted by Gasteiger charge is -2.07. The van der Waals surface area contributed by atoms with E-state index in [-0.39, 0.29) is 0 Å². The fourth-order valence-electron chi connectivity index (χ4n) is 2.38. The van der Waals surface area contributed by atoms with E-state index in [1.807, 2.05) is 11.6 Å². The van der Waals surface area contributed by atoms with Crippen LogP contribution in [0.3, 0.4) is 0 Å². The Morgan fingerprint density at radius 2 is 2.23 bits per heavy atom. The zero-order valence-corrected chi connectivity index (χ0v) is 14.5. The monoisotopic (exact) mass is 334 g/mol. The van der Waals surface area contributed by atoms with Gasteiger partial charge in [-0.3, -0.25) is 0 Å². The summed E-state index contributed by atoms with van der Waals surface area (Å²) in [5, 5.41) is 13.5. The highest BCUT2D eigenvalue weighted by Crippen LogP contribution is 2.33. The second-order valence-electron chi connectivity index (χ2n) is 4.89. The molecule has 0 bridgehead atoms. The lowest BCUT2D eigenvalue weighted by atomic mass is 10.1. The quantitative estimate of drug-likeness (QED) is 0.552. The van der Waals surface area contributed by atoms with Crippen molar-refractivity contribution in [3.8, 4) is 0 Å². The molecule has 6 nitrogen and oxygen atoms in total. The number of rotatable bonds is 6. The van der Waals surface area contributed by atoms with Gasteiger partial charge in [0.15, 0.2) is 5.16 Å². The van der Waals surface area contributed by atoms with Crippen molar-refractivity contribution in [2.75, 3.05) is 17.6 Å². The lowest BCUT2D eigenvalue weighted by Crippen LogP contribution is -2.07. The molecule has 0 spiro atoms. The third-order valence-electron chi connectivity index (χ3n) is 3.44. The zero-order chi connectivity index (χ0) is 15.5. The van der Waals surface area contributed by atoms with Gasteiger partial charge in [-0.15, -0.1) is 21.5 Å². The van der Waals surface area contributed by atoms with E-state index < -0.39 is 0 Å². The van der Waals surface area contributed by atoms with Crippen molar-refractivity contribution in [2.45, 2.75) is 25.4 Å². The van der Waals surface area contributed by atoms with Crippen LogP contribution < -0.4 is 5.32 Å². The first-order valence-electron chi connectivity index (χ1n) is 7.14.